The molecule has 1 aromatic heterocycles. The molecule has 1 saturated heterocycles. The molecule has 1 aliphatic rings. The number of hydrogen-bond acceptors (Lipinski definition) is 3. The summed E-state index contributed by atoms with van der Waals surface area (Å²) in [6.07, 6.45) is 0.729. The SMILES string of the molecule is O[C@H](CN1CCN(CCc2ccccc2)CC1)Cn1c2ccccc2c2ccccc21. The average Bonchev–Trinajstić information content (AvgIpc) is 3.13. The maximum absolute atomic E-state index is 10.9. The lowest BCUT2D eigenvalue weighted by molar-refractivity contribution is 0.0659. The minimum Gasteiger partial charge on any atom is -0.390 e. The van der Waals surface area contributed by atoms with E-state index in [4.69, 9.17) is 0 Å². The van der Waals surface area contributed by atoms with Gasteiger partial charge in [0.15, 0.2) is 0 Å². The monoisotopic (exact) mass is 413 g/mol. The fourth-order valence-electron chi connectivity index (χ4n) is 4.89. The van der Waals surface area contributed by atoms with Gasteiger partial charge in [0.2, 0.25) is 0 Å². The summed E-state index contributed by atoms with van der Waals surface area (Å²) in [7, 11) is 0. The number of β-amino-alcohol motifs (C(OH)–C–C–N with tert-alkyl or cyclic N) is 1. The molecule has 0 bridgehead atoms. The lowest BCUT2D eigenvalue weighted by atomic mass is 10.1. The third-order valence-electron chi connectivity index (χ3n) is 6.57. The van der Waals surface area contributed by atoms with Crippen molar-refractivity contribution < 1.29 is 5.11 Å². The minimum atomic E-state index is -0.380. The van der Waals surface area contributed by atoms with Crippen molar-refractivity contribution in [2.75, 3.05) is 39.3 Å². The molecular weight excluding hydrogens is 382 g/mol. The molecule has 4 aromatic rings. The van der Waals surface area contributed by atoms with E-state index in [-0.39, 0.29) is 6.10 Å². The van der Waals surface area contributed by atoms with Crippen LogP contribution in [-0.2, 0) is 13.0 Å². The standard InChI is InChI=1S/C27H31N3O/c31-23(20-29-18-16-28(17-19-29)15-14-22-8-2-1-3-9-22)21-30-26-12-6-4-10-24(26)25-11-5-7-13-27(25)30/h1-13,23,31H,14-21H2/t23-/m1/s1. The van der Waals surface area contributed by atoms with Gasteiger partial charge in [0.25, 0.3) is 0 Å². The Labute approximate surface area is 184 Å². The topological polar surface area (TPSA) is 31.6 Å². The molecule has 4 nitrogen and oxygen atoms in total. The minimum absolute atomic E-state index is 0.380. The first-order chi connectivity index (χ1) is 15.3. The highest BCUT2D eigenvalue weighted by Gasteiger charge is 2.20. The first-order valence-electron chi connectivity index (χ1n) is 11.4. The predicted octanol–water partition coefficient (Wildman–Crippen LogP) is 4.02. The highest BCUT2D eigenvalue weighted by atomic mass is 16.3. The van der Waals surface area contributed by atoms with Crippen LogP contribution in [0.15, 0.2) is 78.9 Å². The fourth-order valence-corrected chi connectivity index (χ4v) is 4.89. The zero-order valence-electron chi connectivity index (χ0n) is 18.0. The molecule has 1 fully saturated rings. The third-order valence-corrected chi connectivity index (χ3v) is 6.57. The second-order valence-corrected chi connectivity index (χ2v) is 8.68. The number of nitrogens with zero attached hydrogens (tertiary/aromatic N) is 3. The van der Waals surface area contributed by atoms with Crippen LogP contribution in [0.4, 0.5) is 0 Å². The van der Waals surface area contributed by atoms with Crippen LogP contribution in [0.5, 0.6) is 0 Å². The second-order valence-electron chi connectivity index (χ2n) is 8.68. The van der Waals surface area contributed by atoms with E-state index in [1.165, 1.54) is 27.4 Å². The number of aliphatic hydroxyl groups excluding tert-OH is 1. The number of piperazine rings is 1. The number of fused-ring (bicyclic) bond motifs is 3. The number of aliphatic hydroxyl groups is 1. The highest BCUT2D eigenvalue weighted by Crippen LogP contribution is 2.28. The molecule has 0 unspecified atom stereocenters. The molecule has 1 aliphatic heterocycles. The van der Waals surface area contributed by atoms with Gasteiger partial charge in [-0.05, 0) is 24.1 Å². The molecule has 0 amide bonds. The summed E-state index contributed by atoms with van der Waals surface area (Å²) < 4.78 is 2.28. The average molecular weight is 414 g/mol. The van der Waals surface area contributed by atoms with Crippen LogP contribution in [0.25, 0.3) is 21.8 Å². The molecule has 160 valence electrons. The molecule has 3 aromatic carbocycles. The van der Waals surface area contributed by atoms with Crippen molar-refractivity contribution in [1.29, 1.82) is 0 Å². The van der Waals surface area contributed by atoms with Crippen molar-refractivity contribution in [2.24, 2.45) is 0 Å². The van der Waals surface area contributed by atoms with Crippen LogP contribution >= 0.6 is 0 Å². The first kappa shape index (κ1) is 20.3. The van der Waals surface area contributed by atoms with E-state index in [1.807, 2.05) is 0 Å². The highest BCUT2D eigenvalue weighted by molar-refractivity contribution is 6.07. The van der Waals surface area contributed by atoms with E-state index in [2.05, 4.69) is 93.2 Å². The fraction of sp³-hybridized carbons (Fsp3) is 0.333. The molecule has 0 aliphatic carbocycles. The van der Waals surface area contributed by atoms with Crippen molar-refractivity contribution in [3.63, 3.8) is 0 Å². The van der Waals surface area contributed by atoms with Gasteiger partial charge in [-0.15, -0.1) is 0 Å². The lowest BCUT2D eigenvalue weighted by Crippen LogP contribution is -2.49. The Kier molecular flexibility index (Phi) is 6.03. The van der Waals surface area contributed by atoms with Gasteiger partial charge in [-0.2, -0.15) is 0 Å². The van der Waals surface area contributed by atoms with Crippen molar-refractivity contribution in [3.8, 4) is 0 Å². The molecule has 4 heteroatoms. The summed E-state index contributed by atoms with van der Waals surface area (Å²) in [6.45, 7) is 6.68. The zero-order chi connectivity index (χ0) is 21.0. The Bertz CT molecular complexity index is 1080. The van der Waals surface area contributed by atoms with Crippen LogP contribution in [0, 0.1) is 0 Å². The van der Waals surface area contributed by atoms with Gasteiger partial charge in [-0.1, -0.05) is 66.7 Å². The van der Waals surface area contributed by atoms with Gasteiger partial charge in [0, 0.05) is 61.1 Å². The molecule has 0 spiro atoms. The van der Waals surface area contributed by atoms with Gasteiger partial charge in [-0.25, -0.2) is 0 Å². The second kappa shape index (κ2) is 9.23. The number of benzene rings is 3. The Morgan fingerprint density at radius 1 is 0.645 bits per heavy atom. The normalized spacial score (nSPS) is 16.8. The maximum atomic E-state index is 10.9. The summed E-state index contributed by atoms with van der Waals surface area (Å²) in [4.78, 5) is 4.96. The van der Waals surface area contributed by atoms with E-state index in [0.29, 0.717) is 6.54 Å². The summed E-state index contributed by atoms with van der Waals surface area (Å²) in [5.41, 5.74) is 3.81. The predicted molar refractivity (Wildman–Crippen MR) is 128 cm³/mol. The smallest absolute Gasteiger partial charge is 0.0845 e. The van der Waals surface area contributed by atoms with Gasteiger partial charge in [-0.3, -0.25) is 4.90 Å². The van der Waals surface area contributed by atoms with Crippen LogP contribution in [0.3, 0.4) is 0 Å². The van der Waals surface area contributed by atoms with Crippen molar-refractivity contribution >= 4 is 21.8 Å². The Morgan fingerprint density at radius 2 is 1.19 bits per heavy atom. The summed E-state index contributed by atoms with van der Waals surface area (Å²) >= 11 is 0. The third kappa shape index (κ3) is 4.52. The number of hydrogen-bond donors (Lipinski definition) is 1. The van der Waals surface area contributed by atoms with Crippen LogP contribution in [-0.4, -0.2) is 64.8 Å². The molecule has 1 atom stereocenters. The van der Waals surface area contributed by atoms with Gasteiger partial charge >= 0.3 is 0 Å². The number of rotatable bonds is 7. The number of para-hydroxylation sites is 2. The quantitative estimate of drug-likeness (QED) is 0.497. The van der Waals surface area contributed by atoms with Crippen LogP contribution in [0.1, 0.15) is 5.56 Å². The van der Waals surface area contributed by atoms with Crippen LogP contribution in [0.2, 0.25) is 0 Å². The Balaban J connectivity index is 1.18. The maximum Gasteiger partial charge on any atom is 0.0845 e. The van der Waals surface area contributed by atoms with Gasteiger partial charge in [0.1, 0.15) is 0 Å². The van der Waals surface area contributed by atoms with Crippen molar-refractivity contribution in [1.82, 2.24) is 14.4 Å². The zero-order valence-corrected chi connectivity index (χ0v) is 18.0. The molecule has 2 heterocycles. The van der Waals surface area contributed by atoms with E-state index in [0.717, 1.165) is 45.7 Å². The van der Waals surface area contributed by atoms with E-state index in [9.17, 15) is 5.11 Å². The molecule has 5 rings (SSSR count). The molecule has 0 radical (unpaired) electrons. The molecular formula is C27H31N3O. The van der Waals surface area contributed by atoms with E-state index >= 15 is 0 Å². The van der Waals surface area contributed by atoms with Crippen molar-refractivity contribution in [2.45, 2.75) is 19.1 Å². The largest absolute Gasteiger partial charge is 0.390 e. The van der Waals surface area contributed by atoms with Gasteiger partial charge in [0.05, 0.1) is 12.6 Å². The van der Waals surface area contributed by atoms with E-state index < -0.39 is 0 Å². The number of aromatic nitrogens is 1. The van der Waals surface area contributed by atoms with E-state index in [1.54, 1.807) is 0 Å². The molecule has 1 N–H and O–H groups in total. The van der Waals surface area contributed by atoms with Crippen molar-refractivity contribution in [3.05, 3.63) is 84.4 Å². The van der Waals surface area contributed by atoms with Gasteiger partial charge < -0.3 is 14.6 Å². The Morgan fingerprint density at radius 3 is 1.84 bits per heavy atom. The Hall–Kier alpha value is -2.66. The summed E-state index contributed by atoms with van der Waals surface area (Å²) in [5.74, 6) is 0. The summed E-state index contributed by atoms with van der Waals surface area (Å²) in [5, 5.41) is 13.5. The summed E-state index contributed by atoms with van der Waals surface area (Å²) in [6, 6.07) is 27.7. The molecule has 0 saturated carbocycles. The first-order valence-corrected chi connectivity index (χ1v) is 11.4. The van der Waals surface area contributed by atoms with Crippen LogP contribution < -0.4 is 0 Å². The lowest BCUT2D eigenvalue weighted by Gasteiger charge is -2.35. The molecule has 31 heavy (non-hydrogen) atoms.